The van der Waals surface area contributed by atoms with E-state index in [4.69, 9.17) is 11.6 Å². The summed E-state index contributed by atoms with van der Waals surface area (Å²) in [4.78, 5) is 15.2. The van der Waals surface area contributed by atoms with Gasteiger partial charge in [-0.05, 0) is 74.8 Å². The molecule has 0 bridgehead atoms. The fourth-order valence-electron chi connectivity index (χ4n) is 4.91. The number of rotatable bonds is 5. The summed E-state index contributed by atoms with van der Waals surface area (Å²) in [6.45, 7) is 4.94. The minimum Gasteiger partial charge on any atom is -0.354 e. The molecule has 2 atom stereocenters. The maximum Gasteiger partial charge on any atom is 0.223 e. The van der Waals surface area contributed by atoms with Gasteiger partial charge >= 0.3 is 0 Å². The first kappa shape index (κ1) is 23.8. The largest absolute Gasteiger partial charge is 0.354 e. The van der Waals surface area contributed by atoms with Gasteiger partial charge in [0.05, 0.1) is 0 Å². The van der Waals surface area contributed by atoms with E-state index in [-0.39, 0.29) is 30.7 Å². The van der Waals surface area contributed by atoms with Crippen LogP contribution in [0.15, 0.2) is 24.3 Å². The number of hydrogen-bond donors (Lipinski definition) is 2. The standard InChI is InChI=1S/C21H30ClN3O.2ClH/c22-17-5-3-4-16(12-17)15-25-11-2-1-6-18(25)14-24-20(26)19-13-21(19)7-9-23-10-8-21;;/h3-5,12,18-19,23H,1-2,6-11,13-15H2,(H,24,26);2*1H. The number of nitrogens with zero attached hydrogens (tertiary/aromatic N) is 1. The number of amides is 1. The Morgan fingerprint density at radius 1 is 1.25 bits per heavy atom. The molecular formula is C21H32Cl3N3O. The summed E-state index contributed by atoms with van der Waals surface area (Å²) in [6, 6.07) is 8.57. The third kappa shape index (κ3) is 5.54. The van der Waals surface area contributed by atoms with Crippen LogP contribution in [0.4, 0.5) is 0 Å². The average Bonchev–Trinajstić information content (AvgIpc) is 3.34. The van der Waals surface area contributed by atoms with Crippen LogP contribution in [0.2, 0.25) is 5.02 Å². The van der Waals surface area contributed by atoms with E-state index >= 15 is 0 Å². The Balaban J connectivity index is 0.00000140. The van der Waals surface area contributed by atoms with Gasteiger partial charge in [0.1, 0.15) is 0 Å². The molecule has 1 aliphatic carbocycles. The number of carbonyl (C=O) groups is 1. The Hall–Kier alpha value is -0.520. The summed E-state index contributed by atoms with van der Waals surface area (Å²) in [5.41, 5.74) is 1.58. The normalized spacial score (nSPS) is 26.0. The second-order valence-corrected chi connectivity index (χ2v) is 8.80. The van der Waals surface area contributed by atoms with Gasteiger partial charge in [-0.25, -0.2) is 0 Å². The lowest BCUT2D eigenvalue weighted by Crippen LogP contribution is -2.46. The molecule has 7 heteroatoms. The molecule has 2 heterocycles. The Kier molecular flexibility index (Phi) is 8.90. The number of nitrogens with one attached hydrogen (secondary N) is 2. The van der Waals surface area contributed by atoms with E-state index < -0.39 is 0 Å². The van der Waals surface area contributed by atoms with Crippen LogP contribution in [0.1, 0.15) is 44.1 Å². The first-order valence-corrected chi connectivity index (χ1v) is 10.5. The van der Waals surface area contributed by atoms with Gasteiger partial charge in [0, 0.05) is 30.1 Å². The Labute approximate surface area is 186 Å². The van der Waals surface area contributed by atoms with Crippen LogP contribution in [0.3, 0.4) is 0 Å². The van der Waals surface area contributed by atoms with Crippen molar-refractivity contribution in [1.29, 1.82) is 0 Å². The maximum absolute atomic E-state index is 12.7. The quantitative estimate of drug-likeness (QED) is 0.714. The molecule has 2 N–H and O–H groups in total. The highest BCUT2D eigenvalue weighted by molar-refractivity contribution is 6.30. The first-order valence-electron chi connectivity index (χ1n) is 10.1. The second-order valence-electron chi connectivity index (χ2n) is 8.36. The molecule has 4 nitrogen and oxygen atoms in total. The van der Waals surface area contributed by atoms with E-state index in [1.165, 1.54) is 24.8 Å². The molecule has 1 saturated carbocycles. The van der Waals surface area contributed by atoms with Crippen molar-refractivity contribution in [3.8, 4) is 0 Å². The molecule has 1 aromatic rings. The fraction of sp³-hybridized carbons (Fsp3) is 0.667. The molecule has 0 radical (unpaired) electrons. The van der Waals surface area contributed by atoms with Crippen LogP contribution < -0.4 is 10.6 Å². The van der Waals surface area contributed by atoms with Gasteiger partial charge in [-0.3, -0.25) is 9.69 Å². The number of piperidine rings is 2. The Morgan fingerprint density at radius 2 is 2.04 bits per heavy atom. The van der Waals surface area contributed by atoms with E-state index in [9.17, 15) is 4.79 Å². The van der Waals surface area contributed by atoms with Crippen LogP contribution in [-0.4, -0.2) is 43.0 Å². The SMILES string of the molecule is Cl.Cl.O=C(NCC1CCCCN1Cc1cccc(Cl)c1)C1CC12CCNCC2. The van der Waals surface area contributed by atoms with Gasteiger partial charge in [-0.2, -0.15) is 0 Å². The van der Waals surface area contributed by atoms with E-state index in [1.807, 2.05) is 12.1 Å². The molecule has 2 aliphatic heterocycles. The van der Waals surface area contributed by atoms with Crippen molar-refractivity contribution in [3.05, 3.63) is 34.9 Å². The minimum atomic E-state index is 0. The third-order valence-corrected chi connectivity index (χ3v) is 6.88. The topological polar surface area (TPSA) is 44.4 Å². The summed E-state index contributed by atoms with van der Waals surface area (Å²) in [5, 5.41) is 7.49. The zero-order valence-electron chi connectivity index (χ0n) is 16.3. The molecule has 3 aliphatic rings. The fourth-order valence-corrected chi connectivity index (χ4v) is 5.12. The summed E-state index contributed by atoms with van der Waals surface area (Å²) < 4.78 is 0. The molecule has 1 aromatic carbocycles. The van der Waals surface area contributed by atoms with Crippen LogP contribution >= 0.6 is 36.4 Å². The van der Waals surface area contributed by atoms with Crippen molar-refractivity contribution in [2.24, 2.45) is 11.3 Å². The number of benzene rings is 1. The van der Waals surface area contributed by atoms with Gasteiger partial charge in [0.25, 0.3) is 0 Å². The highest BCUT2D eigenvalue weighted by Crippen LogP contribution is 2.58. The van der Waals surface area contributed by atoms with Crippen LogP contribution in [0.25, 0.3) is 0 Å². The number of halogens is 3. The van der Waals surface area contributed by atoms with Crippen LogP contribution in [-0.2, 0) is 11.3 Å². The summed E-state index contributed by atoms with van der Waals surface area (Å²) in [7, 11) is 0. The van der Waals surface area contributed by atoms with Gasteiger partial charge in [0.2, 0.25) is 5.91 Å². The Morgan fingerprint density at radius 3 is 2.79 bits per heavy atom. The molecule has 2 saturated heterocycles. The van der Waals surface area contributed by atoms with Crippen LogP contribution in [0.5, 0.6) is 0 Å². The van der Waals surface area contributed by atoms with Crippen molar-refractivity contribution < 1.29 is 4.79 Å². The van der Waals surface area contributed by atoms with E-state index in [0.29, 0.717) is 17.4 Å². The van der Waals surface area contributed by atoms with E-state index in [0.717, 1.165) is 57.0 Å². The lowest BCUT2D eigenvalue weighted by molar-refractivity contribution is -0.123. The molecule has 2 unspecified atom stereocenters. The predicted octanol–water partition coefficient (Wildman–Crippen LogP) is 4.04. The molecule has 4 rings (SSSR count). The summed E-state index contributed by atoms with van der Waals surface area (Å²) >= 11 is 6.13. The predicted molar refractivity (Wildman–Crippen MR) is 120 cm³/mol. The zero-order valence-corrected chi connectivity index (χ0v) is 18.7. The van der Waals surface area contributed by atoms with E-state index in [2.05, 4.69) is 27.7 Å². The molecule has 1 amide bonds. The molecule has 28 heavy (non-hydrogen) atoms. The first-order chi connectivity index (χ1) is 12.7. The molecule has 3 fully saturated rings. The van der Waals surface area contributed by atoms with Crippen molar-refractivity contribution in [1.82, 2.24) is 15.5 Å². The monoisotopic (exact) mass is 447 g/mol. The van der Waals surface area contributed by atoms with Crippen molar-refractivity contribution in [2.45, 2.75) is 51.1 Å². The molecule has 1 spiro atoms. The molecule has 0 aromatic heterocycles. The third-order valence-electron chi connectivity index (χ3n) is 6.64. The number of carbonyl (C=O) groups excluding carboxylic acids is 1. The van der Waals surface area contributed by atoms with E-state index in [1.54, 1.807) is 0 Å². The van der Waals surface area contributed by atoms with Gasteiger partial charge < -0.3 is 10.6 Å². The van der Waals surface area contributed by atoms with Gasteiger partial charge in [-0.15, -0.1) is 24.8 Å². The number of hydrogen-bond acceptors (Lipinski definition) is 3. The number of likely N-dealkylation sites (tertiary alicyclic amines) is 1. The lowest BCUT2D eigenvalue weighted by atomic mass is 9.91. The molecule has 158 valence electrons. The van der Waals surface area contributed by atoms with Crippen LogP contribution in [0, 0.1) is 11.3 Å². The van der Waals surface area contributed by atoms with Crippen molar-refractivity contribution in [3.63, 3.8) is 0 Å². The van der Waals surface area contributed by atoms with Crippen molar-refractivity contribution >= 4 is 42.3 Å². The summed E-state index contributed by atoms with van der Waals surface area (Å²) in [5.74, 6) is 0.551. The average molecular weight is 449 g/mol. The van der Waals surface area contributed by atoms with Gasteiger partial charge in [-0.1, -0.05) is 30.2 Å². The van der Waals surface area contributed by atoms with Crippen molar-refractivity contribution in [2.75, 3.05) is 26.2 Å². The van der Waals surface area contributed by atoms with Gasteiger partial charge in [0.15, 0.2) is 0 Å². The highest BCUT2D eigenvalue weighted by atomic mass is 35.5. The Bertz CT molecular complexity index is 652. The summed E-state index contributed by atoms with van der Waals surface area (Å²) in [6.07, 6.45) is 7.08. The zero-order chi connectivity index (χ0) is 18.0. The molecular weight excluding hydrogens is 417 g/mol. The smallest absolute Gasteiger partial charge is 0.223 e. The highest BCUT2D eigenvalue weighted by Gasteiger charge is 2.57. The maximum atomic E-state index is 12.7. The lowest BCUT2D eigenvalue weighted by Gasteiger charge is -2.36. The second kappa shape index (κ2) is 10.5. The minimum absolute atomic E-state index is 0.